The van der Waals surface area contributed by atoms with Crippen LogP contribution in [0.25, 0.3) is 6.08 Å². The van der Waals surface area contributed by atoms with Crippen LogP contribution in [0.5, 0.6) is 11.5 Å². The summed E-state index contributed by atoms with van der Waals surface area (Å²) in [6.07, 6.45) is 1.83. The molecular formula is C25H20BrNO3S2. The lowest BCUT2D eigenvalue weighted by Crippen LogP contribution is -2.27. The average Bonchev–Trinajstić information content (AvgIpc) is 3.07. The Bertz CT molecular complexity index is 1160. The molecule has 0 radical (unpaired) electrons. The molecule has 0 saturated carbocycles. The summed E-state index contributed by atoms with van der Waals surface area (Å²) in [5, 5.41) is 0. The number of anilines is 1. The van der Waals surface area contributed by atoms with Crippen LogP contribution in [0.15, 0.2) is 82.2 Å². The van der Waals surface area contributed by atoms with Crippen molar-refractivity contribution in [1.29, 1.82) is 0 Å². The minimum Gasteiger partial charge on any atom is -0.494 e. The molecule has 4 nitrogen and oxygen atoms in total. The van der Waals surface area contributed by atoms with E-state index in [9.17, 15) is 4.79 Å². The van der Waals surface area contributed by atoms with Crippen molar-refractivity contribution in [3.05, 3.63) is 93.3 Å². The first-order chi connectivity index (χ1) is 15.5. The molecule has 1 heterocycles. The molecule has 0 aliphatic carbocycles. The van der Waals surface area contributed by atoms with Gasteiger partial charge in [0.05, 0.1) is 17.2 Å². The summed E-state index contributed by atoms with van der Waals surface area (Å²) in [7, 11) is 0. The minimum atomic E-state index is -0.154. The quantitative estimate of drug-likeness (QED) is 0.249. The number of amides is 1. The van der Waals surface area contributed by atoms with Gasteiger partial charge in [0.15, 0.2) is 4.32 Å². The van der Waals surface area contributed by atoms with E-state index < -0.39 is 0 Å². The van der Waals surface area contributed by atoms with Gasteiger partial charge < -0.3 is 9.47 Å². The predicted octanol–water partition coefficient (Wildman–Crippen LogP) is 6.83. The van der Waals surface area contributed by atoms with Gasteiger partial charge in [-0.05, 0) is 61.0 Å². The van der Waals surface area contributed by atoms with E-state index in [4.69, 9.17) is 21.7 Å². The van der Waals surface area contributed by atoms with Crippen LogP contribution in [0.2, 0.25) is 0 Å². The van der Waals surface area contributed by atoms with Gasteiger partial charge in [-0.3, -0.25) is 9.69 Å². The Balaban J connectivity index is 1.57. The summed E-state index contributed by atoms with van der Waals surface area (Å²) in [4.78, 5) is 15.3. The molecule has 0 aromatic heterocycles. The van der Waals surface area contributed by atoms with Crippen LogP contribution in [0, 0.1) is 0 Å². The molecular weight excluding hydrogens is 506 g/mol. The van der Waals surface area contributed by atoms with E-state index in [1.165, 1.54) is 11.8 Å². The second-order valence-electron chi connectivity index (χ2n) is 6.90. The first-order valence-electron chi connectivity index (χ1n) is 10.0. The lowest BCUT2D eigenvalue weighted by Gasteiger charge is -2.15. The molecule has 1 aliphatic heterocycles. The number of halogens is 1. The summed E-state index contributed by atoms with van der Waals surface area (Å²) < 4.78 is 12.9. The molecule has 1 saturated heterocycles. The van der Waals surface area contributed by atoms with Crippen LogP contribution in [-0.2, 0) is 11.4 Å². The first-order valence-corrected chi connectivity index (χ1v) is 12.0. The normalized spacial score (nSPS) is 14.8. The van der Waals surface area contributed by atoms with Crippen LogP contribution in [-0.4, -0.2) is 16.8 Å². The molecule has 0 spiro atoms. The molecule has 0 N–H and O–H groups in total. The topological polar surface area (TPSA) is 38.8 Å². The van der Waals surface area contributed by atoms with E-state index >= 15 is 0 Å². The maximum absolute atomic E-state index is 13.2. The fraction of sp³-hybridized carbons (Fsp3) is 0.120. The van der Waals surface area contributed by atoms with E-state index in [-0.39, 0.29) is 5.91 Å². The van der Waals surface area contributed by atoms with Gasteiger partial charge in [-0.15, -0.1) is 0 Å². The van der Waals surface area contributed by atoms with Gasteiger partial charge in [-0.25, -0.2) is 0 Å². The second kappa shape index (κ2) is 10.3. The van der Waals surface area contributed by atoms with E-state index in [1.807, 2.05) is 85.8 Å². The number of ether oxygens (including phenoxy) is 2. The highest BCUT2D eigenvalue weighted by molar-refractivity contribution is 9.10. The van der Waals surface area contributed by atoms with E-state index in [0.717, 1.165) is 21.3 Å². The number of carbonyl (C=O) groups is 1. The van der Waals surface area contributed by atoms with Crippen LogP contribution in [0.4, 0.5) is 5.69 Å². The Morgan fingerprint density at radius 3 is 2.50 bits per heavy atom. The Hall–Kier alpha value is -2.61. The number of carbonyl (C=O) groups excluding carboxylic acids is 1. The maximum atomic E-state index is 13.2. The third kappa shape index (κ3) is 5.23. The summed E-state index contributed by atoms with van der Waals surface area (Å²) in [5.74, 6) is 1.30. The molecule has 1 aliphatic rings. The van der Waals surface area contributed by atoms with Gasteiger partial charge in [0.2, 0.25) is 0 Å². The number of nitrogens with zero attached hydrogens (tertiary/aromatic N) is 1. The number of thiocarbonyl (C=S) groups is 1. The summed E-state index contributed by atoms with van der Waals surface area (Å²) in [6.45, 7) is 2.96. The summed E-state index contributed by atoms with van der Waals surface area (Å²) in [5.41, 5.74) is 2.60. The molecule has 32 heavy (non-hydrogen) atoms. The third-order valence-corrected chi connectivity index (χ3v) is 6.49. The zero-order chi connectivity index (χ0) is 22.5. The first kappa shape index (κ1) is 22.6. The molecule has 3 aromatic carbocycles. The molecule has 0 atom stereocenters. The Kier molecular flexibility index (Phi) is 7.29. The fourth-order valence-electron chi connectivity index (χ4n) is 3.19. The van der Waals surface area contributed by atoms with Crippen LogP contribution in [0.3, 0.4) is 0 Å². The van der Waals surface area contributed by atoms with Crippen molar-refractivity contribution in [2.45, 2.75) is 13.5 Å². The molecule has 162 valence electrons. The van der Waals surface area contributed by atoms with Crippen molar-refractivity contribution in [3.8, 4) is 11.5 Å². The van der Waals surface area contributed by atoms with Crippen LogP contribution in [0.1, 0.15) is 18.1 Å². The lowest BCUT2D eigenvalue weighted by atomic mass is 10.1. The number of hydrogen-bond donors (Lipinski definition) is 0. The molecule has 7 heteroatoms. The standard InChI is InChI=1S/C25H20BrNO3S2/c1-2-29-21-11-9-20(10-12-21)27-24(28)23(32-25(27)31)15-18-14-19(26)8-13-22(18)30-16-17-6-4-3-5-7-17/h3-15H,2,16H2,1H3/b23-15-. The van der Waals surface area contributed by atoms with Gasteiger partial charge >= 0.3 is 0 Å². The smallest absolute Gasteiger partial charge is 0.270 e. The highest BCUT2D eigenvalue weighted by Crippen LogP contribution is 2.38. The van der Waals surface area contributed by atoms with Gasteiger partial charge in [0.25, 0.3) is 5.91 Å². The van der Waals surface area contributed by atoms with Gasteiger partial charge in [-0.1, -0.05) is 70.2 Å². The van der Waals surface area contributed by atoms with E-state index in [0.29, 0.717) is 33.9 Å². The molecule has 3 aromatic rings. The summed E-state index contributed by atoms with van der Waals surface area (Å²) in [6, 6.07) is 23.1. The lowest BCUT2D eigenvalue weighted by molar-refractivity contribution is -0.113. The Morgan fingerprint density at radius 2 is 1.78 bits per heavy atom. The van der Waals surface area contributed by atoms with Crippen molar-refractivity contribution < 1.29 is 14.3 Å². The Morgan fingerprint density at radius 1 is 1.03 bits per heavy atom. The molecule has 0 bridgehead atoms. The zero-order valence-electron chi connectivity index (χ0n) is 17.3. The maximum Gasteiger partial charge on any atom is 0.270 e. The largest absolute Gasteiger partial charge is 0.494 e. The highest BCUT2D eigenvalue weighted by atomic mass is 79.9. The average molecular weight is 526 g/mol. The minimum absolute atomic E-state index is 0.154. The van der Waals surface area contributed by atoms with Crippen molar-refractivity contribution in [3.63, 3.8) is 0 Å². The number of rotatable bonds is 7. The van der Waals surface area contributed by atoms with Gasteiger partial charge in [-0.2, -0.15) is 0 Å². The predicted molar refractivity (Wildman–Crippen MR) is 138 cm³/mol. The van der Waals surface area contributed by atoms with Crippen LogP contribution < -0.4 is 14.4 Å². The molecule has 0 unspecified atom stereocenters. The zero-order valence-corrected chi connectivity index (χ0v) is 20.5. The molecule has 1 fully saturated rings. The fourth-order valence-corrected chi connectivity index (χ4v) is 4.86. The van der Waals surface area contributed by atoms with Gasteiger partial charge in [0.1, 0.15) is 18.1 Å². The second-order valence-corrected chi connectivity index (χ2v) is 9.49. The van der Waals surface area contributed by atoms with Crippen molar-refractivity contribution in [2.24, 2.45) is 0 Å². The third-order valence-electron chi connectivity index (χ3n) is 4.70. The molecule has 1 amide bonds. The number of hydrogen-bond acceptors (Lipinski definition) is 5. The van der Waals surface area contributed by atoms with E-state index in [1.54, 1.807) is 4.90 Å². The monoisotopic (exact) mass is 525 g/mol. The van der Waals surface area contributed by atoms with Crippen molar-refractivity contribution in [2.75, 3.05) is 11.5 Å². The molecule has 4 rings (SSSR count). The Labute approximate surface area is 205 Å². The van der Waals surface area contributed by atoms with Crippen molar-refractivity contribution >= 4 is 61.9 Å². The van der Waals surface area contributed by atoms with Crippen LogP contribution >= 0.6 is 39.9 Å². The van der Waals surface area contributed by atoms with Gasteiger partial charge in [0, 0.05) is 10.0 Å². The number of benzene rings is 3. The van der Waals surface area contributed by atoms with Crippen molar-refractivity contribution in [1.82, 2.24) is 0 Å². The van der Waals surface area contributed by atoms with E-state index in [2.05, 4.69) is 15.9 Å². The number of thioether (sulfide) groups is 1. The highest BCUT2D eigenvalue weighted by Gasteiger charge is 2.33. The summed E-state index contributed by atoms with van der Waals surface area (Å²) >= 11 is 10.3. The SMILES string of the molecule is CCOc1ccc(N2C(=O)/C(=C/c3cc(Br)ccc3OCc3ccccc3)SC2=S)cc1.